The minimum atomic E-state index is -0.723. The number of ether oxygens (including phenoxy) is 1. The summed E-state index contributed by atoms with van der Waals surface area (Å²) in [5.74, 6) is 0.267. The fourth-order valence-electron chi connectivity index (χ4n) is 3.45. The molecule has 0 saturated carbocycles. The lowest BCUT2D eigenvalue weighted by atomic mass is 9.94. The van der Waals surface area contributed by atoms with E-state index in [1.165, 1.54) is 12.8 Å². The third kappa shape index (κ3) is 4.76. The van der Waals surface area contributed by atoms with Crippen molar-refractivity contribution in [2.75, 3.05) is 33.3 Å². The van der Waals surface area contributed by atoms with Crippen LogP contribution in [0.15, 0.2) is 24.5 Å². The highest BCUT2D eigenvalue weighted by Crippen LogP contribution is 2.22. The van der Waals surface area contributed by atoms with E-state index in [0.717, 1.165) is 25.1 Å². The highest BCUT2D eigenvalue weighted by atomic mass is 16.5. The summed E-state index contributed by atoms with van der Waals surface area (Å²) < 4.78 is 5.52. The Bertz CT molecular complexity index is 587. The van der Waals surface area contributed by atoms with E-state index < -0.39 is 12.1 Å². The number of amides is 2. The fraction of sp³-hybridized carbons (Fsp3) is 0.611. The molecule has 2 fully saturated rings. The fourth-order valence-corrected chi connectivity index (χ4v) is 3.45. The largest absolute Gasteiger partial charge is 0.356 e. The lowest BCUT2D eigenvalue weighted by Gasteiger charge is -2.32. The van der Waals surface area contributed by atoms with E-state index >= 15 is 0 Å². The van der Waals surface area contributed by atoms with Crippen molar-refractivity contribution in [2.45, 2.75) is 31.4 Å². The highest BCUT2D eigenvalue weighted by molar-refractivity contribution is 5.86. The Balaban J connectivity index is 1.53. The lowest BCUT2D eigenvalue weighted by molar-refractivity contribution is -0.148. The number of rotatable bonds is 5. The van der Waals surface area contributed by atoms with E-state index in [1.807, 2.05) is 6.07 Å². The molecule has 2 amide bonds. The summed E-state index contributed by atoms with van der Waals surface area (Å²) in [5.41, 5.74) is 0.769. The van der Waals surface area contributed by atoms with E-state index in [1.54, 1.807) is 18.5 Å². The van der Waals surface area contributed by atoms with Crippen molar-refractivity contribution < 1.29 is 14.3 Å². The zero-order chi connectivity index (χ0) is 17.6. The topological polar surface area (TPSA) is 83.6 Å². The molecule has 1 aromatic heterocycles. The standard InChI is InChI=1S/C18H26N4O3/c1-22-9-5-13(6-10-22)4-8-20-18(24)17-16(21-15(23)12-25-17)14-3-2-7-19-11-14/h2-3,7,11,13,16-17H,4-6,8-10,12H2,1H3,(H,20,24)(H,21,23)/t16-,17+/m1/s1. The summed E-state index contributed by atoms with van der Waals surface area (Å²) in [6.45, 7) is 2.80. The number of aromatic nitrogens is 1. The predicted molar refractivity (Wildman–Crippen MR) is 92.7 cm³/mol. The zero-order valence-corrected chi connectivity index (χ0v) is 14.6. The van der Waals surface area contributed by atoms with Crippen molar-refractivity contribution in [3.63, 3.8) is 0 Å². The molecule has 136 valence electrons. The van der Waals surface area contributed by atoms with Gasteiger partial charge in [0.2, 0.25) is 5.91 Å². The van der Waals surface area contributed by atoms with Gasteiger partial charge in [-0.15, -0.1) is 0 Å². The van der Waals surface area contributed by atoms with Crippen molar-refractivity contribution in [1.82, 2.24) is 20.5 Å². The molecule has 0 spiro atoms. The summed E-state index contributed by atoms with van der Waals surface area (Å²) in [7, 11) is 2.14. The molecule has 25 heavy (non-hydrogen) atoms. The second-order valence-electron chi connectivity index (χ2n) is 6.89. The molecule has 1 aromatic rings. The number of morpholine rings is 1. The van der Waals surface area contributed by atoms with E-state index in [-0.39, 0.29) is 18.4 Å². The van der Waals surface area contributed by atoms with Gasteiger partial charge in [-0.2, -0.15) is 0 Å². The zero-order valence-electron chi connectivity index (χ0n) is 14.6. The van der Waals surface area contributed by atoms with Crippen LogP contribution >= 0.6 is 0 Å². The first-order chi connectivity index (χ1) is 12.1. The highest BCUT2D eigenvalue weighted by Gasteiger charge is 2.36. The van der Waals surface area contributed by atoms with Crippen molar-refractivity contribution in [2.24, 2.45) is 5.92 Å². The molecule has 3 rings (SSSR count). The van der Waals surface area contributed by atoms with Gasteiger partial charge in [-0.05, 0) is 56.9 Å². The van der Waals surface area contributed by atoms with Gasteiger partial charge in [0.1, 0.15) is 6.61 Å². The maximum absolute atomic E-state index is 12.6. The number of likely N-dealkylation sites (tertiary alicyclic amines) is 1. The maximum Gasteiger partial charge on any atom is 0.251 e. The molecule has 0 unspecified atom stereocenters. The van der Waals surface area contributed by atoms with Gasteiger partial charge in [-0.3, -0.25) is 14.6 Å². The number of nitrogens with one attached hydrogen (secondary N) is 2. The van der Waals surface area contributed by atoms with Crippen LogP contribution in [0.2, 0.25) is 0 Å². The van der Waals surface area contributed by atoms with Gasteiger partial charge in [0, 0.05) is 18.9 Å². The Labute approximate surface area is 148 Å². The molecule has 2 atom stereocenters. The van der Waals surface area contributed by atoms with Gasteiger partial charge in [0.05, 0.1) is 6.04 Å². The average Bonchev–Trinajstić information content (AvgIpc) is 2.64. The van der Waals surface area contributed by atoms with Gasteiger partial charge in [0.25, 0.3) is 5.91 Å². The summed E-state index contributed by atoms with van der Waals surface area (Å²) in [5, 5.41) is 5.81. The van der Waals surface area contributed by atoms with Crippen molar-refractivity contribution in [3.8, 4) is 0 Å². The molecule has 3 heterocycles. The van der Waals surface area contributed by atoms with Crippen LogP contribution in [0, 0.1) is 5.92 Å². The monoisotopic (exact) mass is 346 g/mol. The van der Waals surface area contributed by atoms with Crippen molar-refractivity contribution in [3.05, 3.63) is 30.1 Å². The molecule has 7 heteroatoms. The van der Waals surface area contributed by atoms with Gasteiger partial charge < -0.3 is 20.3 Å². The van der Waals surface area contributed by atoms with Gasteiger partial charge in [-0.25, -0.2) is 0 Å². The van der Waals surface area contributed by atoms with Gasteiger partial charge in [0.15, 0.2) is 6.10 Å². The van der Waals surface area contributed by atoms with Crippen LogP contribution in [0.1, 0.15) is 30.9 Å². The van der Waals surface area contributed by atoms with Crippen LogP contribution in [-0.4, -0.2) is 61.1 Å². The normalized spacial score (nSPS) is 25.4. The minimum absolute atomic E-state index is 0.0934. The molecule has 2 N–H and O–H groups in total. The van der Waals surface area contributed by atoms with E-state index in [0.29, 0.717) is 12.5 Å². The summed E-state index contributed by atoms with van der Waals surface area (Å²) >= 11 is 0. The number of carbonyl (C=O) groups excluding carboxylic acids is 2. The molecule has 0 bridgehead atoms. The molecule has 0 aromatic carbocycles. The Morgan fingerprint density at radius 3 is 2.96 bits per heavy atom. The van der Waals surface area contributed by atoms with Crippen molar-refractivity contribution >= 4 is 11.8 Å². The van der Waals surface area contributed by atoms with Gasteiger partial charge >= 0.3 is 0 Å². The second kappa shape index (κ2) is 8.40. The number of hydrogen-bond acceptors (Lipinski definition) is 5. The SMILES string of the molecule is CN1CCC(CCNC(=O)[C@H]2OCC(=O)N[C@@H]2c2cccnc2)CC1. The van der Waals surface area contributed by atoms with Crippen LogP contribution in [-0.2, 0) is 14.3 Å². The summed E-state index contributed by atoms with van der Waals surface area (Å²) in [6, 6.07) is 3.12. The second-order valence-corrected chi connectivity index (χ2v) is 6.89. The number of hydrogen-bond donors (Lipinski definition) is 2. The third-order valence-corrected chi connectivity index (χ3v) is 5.01. The smallest absolute Gasteiger partial charge is 0.251 e. The van der Waals surface area contributed by atoms with Gasteiger partial charge in [-0.1, -0.05) is 6.07 Å². The number of carbonyl (C=O) groups is 2. The van der Waals surface area contributed by atoms with Crippen molar-refractivity contribution in [1.29, 1.82) is 0 Å². The molecular formula is C18H26N4O3. The van der Waals surface area contributed by atoms with Crippen LogP contribution in [0.4, 0.5) is 0 Å². The first kappa shape index (κ1) is 17.8. The first-order valence-corrected chi connectivity index (χ1v) is 8.90. The van der Waals surface area contributed by atoms with E-state index in [4.69, 9.17) is 4.74 Å². The average molecular weight is 346 g/mol. The molecule has 0 radical (unpaired) electrons. The number of piperidine rings is 1. The quantitative estimate of drug-likeness (QED) is 0.811. The van der Waals surface area contributed by atoms with E-state index in [2.05, 4.69) is 27.6 Å². The predicted octanol–water partition coefficient (Wildman–Crippen LogP) is 0.486. The molecule has 2 aliphatic heterocycles. The number of pyridine rings is 1. The molecule has 7 nitrogen and oxygen atoms in total. The summed E-state index contributed by atoms with van der Waals surface area (Å²) in [4.78, 5) is 30.6. The molecule has 2 saturated heterocycles. The Kier molecular flexibility index (Phi) is 5.99. The van der Waals surface area contributed by atoms with Crippen LogP contribution < -0.4 is 10.6 Å². The third-order valence-electron chi connectivity index (χ3n) is 5.01. The number of nitrogens with zero attached hydrogens (tertiary/aromatic N) is 2. The van der Waals surface area contributed by atoms with Crippen LogP contribution in [0.3, 0.4) is 0 Å². The molecule has 2 aliphatic rings. The first-order valence-electron chi connectivity index (χ1n) is 8.90. The maximum atomic E-state index is 12.6. The van der Waals surface area contributed by atoms with Crippen LogP contribution in [0.5, 0.6) is 0 Å². The summed E-state index contributed by atoms with van der Waals surface area (Å²) in [6.07, 6.45) is 5.93. The Morgan fingerprint density at radius 2 is 2.24 bits per heavy atom. The van der Waals surface area contributed by atoms with Crippen LogP contribution in [0.25, 0.3) is 0 Å². The Morgan fingerprint density at radius 1 is 1.44 bits per heavy atom. The lowest BCUT2D eigenvalue weighted by Crippen LogP contribution is -2.52. The molecule has 0 aliphatic carbocycles. The van der Waals surface area contributed by atoms with E-state index in [9.17, 15) is 9.59 Å². The minimum Gasteiger partial charge on any atom is -0.356 e. The Hall–Kier alpha value is -1.99. The molecular weight excluding hydrogens is 320 g/mol.